The first-order chi connectivity index (χ1) is 12.4. The summed E-state index contributed by atoms with van der Waals surface area (Å²) in [5.74, 6) is -1.13. The first kappa shape index (κ1) is 18.0. The number of hydrogen-bond donors (Lipinski definition) is 0. The van der Waals surface area contributed by atoms with Crippen LogP contribution in [0.1, 0.15) is 22.8 Å². The fraction of sp³-hybridized carbons (Fsp3) is 0.250. The maximum atomic E-state index is 12.9. The van der Waals surface area contributed by atoms with E-state index in [4.69, 9.17) is 4.74 Å². The van der Waals surface area contributed by atoms with Gasteiger partial charge in [-0.1, -0.05) is 43.3 Å². The van der Waals surface area contributed by atoms with Crippen molar-refractivity contribution in [2.75, 3.05) is 6.61 Å². The molecule has 0 aliphatic heterocycles. The number of carbonyl (C=O) groups is 1. The van der Waals surface area contributed by atoms with E-state index in [-0.39, 0.29) is 12.2 Å². The predicted molar refractivity (Wildman–Crippen MR) is 93.6 cm³/mol. The zero-order valence-corrected chi connectivity index (χ0v) is 14.2. The normalized spacial score (nSPS) is 11.7. The molecule has 2 aromatic carbocycles. The molecule has 136 valence electrons. The number of ether oxygens (including phenoxy) is 1. The molecule has 1 aromatic heterocycles. The Kier molecular flexibility index (Phi) is 5.02. The molecule has 1 heterocycles. The van der Waals surface area contributed by atoms with E-state index in [1.165, 1.54) is 6.20 Å². The molecule has 0 unspecified atom stereocenters. The lowest BCUT2D eigenvalue weighted by Crippen LogP contribution is -2.22. The number of hydrogen-bond acceptors (Lipinski definition) is 2. The summed E-state index contributed by atoms with van der Waals surface area (Å²) in [6, 6.07) is 14.3. The minimum absolute atomic E-state index is 0.283. The van der Waals surface area contributed by atoms with E-state index in [0.29, 0.717) is 29.6 Å². The Labute approximate surface area is 149 Å². The summed E-state index contributed by atoms with van der Waals surface area (Å²) < 4.78 is 46.2. The number of aryl methyl sites for hydroxylation is 1. The molecule has 6 heteroatoms. The monoisotopic (exact) mass is 361 g/mol. The molecule has 3 rings (SSSR count). The Bertz CT molecular complexity index is 914. The third kappa shape index (κ3) is 3.59. The van der Waals surface area contributed by atoms with Crippen molar-refractivity contribution in [3.63, 3.8) is 0 Å². The fourth-order valence-corrected chi connectivity index (χ4v) is 3.01. The van der Waals surface area contributed by atoms with Crippen LogP contribution in [0.2, 0.25) is 0 Å². The number of alkyl halides is 3. The molecule has 0 aliphatic carbocycles. The third-order valence-corrected chi connectivity index (χ3v) is 4.21. The lowest BCUT2D eigenvalue weighted by Gasteiger charge is -2.10. The van der Waals surface area contributed by atoms with E-state index < -0.39 is 12.0 Å². The van der Waals surface area contributed by atoms with Crippen LogP contribution in [0, 0.1) is 0 Å². The second kappa shape index (κ2) is 7.23. The Morgan fingerprint density at radius 3 is 2.46 bits per heavy atom. The van der Waals surface area contributed by atoms with E-state index in [1.54, 1.807) is 16.7 Å². The SMILES string of the molecule is CCc1cccc2c(C(=O)C(F)(F)F)cn(CCOc3ccccc3)c12. The summed E-state index contributed by atoms with van der Waals surface area (Å²) in [7, 11) is 0. The number of rotatable bonds is 6. The van der Waals surface area contributed by atoms with E-state index in [9.17, 15) is 18.0 Å². The quantitative estimate of drug-likeness (QED) is 0.577. The highest BCUT2D eigenvalue weighted by Gasteiger charge is 2.40. The molecule has 0 aliphatic rings. The molecule has 3 aromatic rings. The average Bonchev–Trinajstić information content (AvgIpc) is 3.00. The fourth-order valence-electron chi connectivity index (χ4n) is 3.01. The van der Waals surface area contributed by atoms with Gasteiger partial charge < -0.3 is 9.30 Å². The van der Waals surface area contributed by atoms with Crippen LogP contribution in [-0.2, 0) is 13.0 Å². The number of Topliss-reactive ketones (excluding diaryl/α,β-unsaturated/α-hetero) is 1. The highest BCUT2D eigenvalue weighted by molar-refractivity contribution is 6.11. The molecule has 0 spiro atoms. The van der Waals surface area contributed by atoms with Crippen molar-refractivity contribution in [2.45, 2.75) is 26.1 Å². The minimum atomic E-state index is -4.90. The van der Waals surface area contributed by atoms with Gasteiger partial charge in [0.05, 0.1) is 17.6 Å². The topological polar surface area (TPSA) is 31.2 Å². The third-order valence-electron chi connectivity index (χ3n) is 4.21. The Balaban J connectivity index is 1.95. The van der Waals surface area contributed by atoms with Gasteiger partial charge in [-0.15, -0.1) is 0 Å². The predicted octanol–water partition coefficient (Wildman–Crippen LogP) is 5.03. The first-order valence-electron chi connectivity index (χ1n) is 8.32. The molecular weight excluding hydrogens is 343 g/mol. The van der Waals surface area contributed by atoms with Crippen LogP contribution in [0.25, 0.3) is 10.9 Å². The van der Waals surface area contributed by atoms with Crippen LogP contribution in [0.5, 0.6) is 5.75 Å². The van der Waals surface area contributed by atoms with Crippen molar-refractivity contribution < 1.29 is 22.7 Å². The Morgan fingerprint density at radius 1 is 1.08 bits per heavy atom. The molecule has 0 radical (unpaired) electrons. The number of carbonyl (C=O) groups excluding carboxylic acids is 1. The van der Waals surface area contributed by atoms with Crippen molar-refractivity contribution in [1.29, 1.82) is 0 Å². The van der Waals surface area contributed by atoms with Crippen LogP contribution < -0.4 is 4.74 Å². The minimum Gasteiger partial charge on any atom is -0.492 e. The number of aromatic nitrogens is 1. The number of ketones is 1. The maximum absolute atomic E-state index is 12.9. The summed E-state index contributed by atoms with van der Waals surface area (Å²) in [5.41, 5.74) is 1.23. The van der Waals surface area contributed by atoms with Crippen LogP contribution in [-0.4, -0.2) is 23.1 Å². The summed E-state index contributed by atoms with van der Waals surface area (Å²) in [6.45, 7) is 2.55. The zero-order valence-electron chi connectivity index (χ0n) is 14.2. The van der Waals surface area contributed by atoms with Gasteiger partial charge in [0, 0.05) is 11.6 Å². The summed E-state index contributed by atoms with van der Waals surface area (Å²) in [5, 5.41) is 0.325. The second-order valence-electron chi connectivity index (χ2n) is 5.89. The van der Waals surface area contributed by atoms with Crippen LogP contribution in [0.3, 0.4) is 0 Å². The van der Waals surface area contributed by atoms with E-state index in [2.05, 4.69) is 0 Å². The highest BCUT2D eigenvalue weighted by Crippen LogP contribution is 2.30. The molecule has 3 nitrogen and oxygen atoms in total. The molecule has 0 saturated carbocycles. The molecular formula is C20H18F3NO2. The average molecular weight is 361 g/mol. The van der Waals surface area contributed by atoms with Gasteiger partial charge >= 0.3 is 6.18 Å². The van der Waals surface area contributed by atoms with Gasteiger partial charge in [0.1, 0.15) is 12.4 Å². The molecule has 0 N–H and O–H groups in total. The largest absolute Gasteiger partial charge is 0.492 e. The first-order valence-corrected chi connectivity index (χ1v) is 8.32. The van der Waals surface area contributed by atoms with Gasteiger partial charge in [0.15, 0.2) is 0 Å². The lowest BCUT2D eigenvalue weighted by molar-refractivity contribution is -0.0884. The number of nitrogens with zero attached hydrogens (tertiary/aromatic N) is 1. The van der Waals surface area contributed by atoms with Gasteiger partial charge in [-0.25, -0.2) is 0 Å². The van der Waals surface area contributed by atoms with E-state index in [0.717, 1.165) is 5.56 Å². The number of fused-ring (bicyclic) bond motifs is 1. The second-order valence-corrected chi connectivity index (χ2v) is 5.89. The molecule has 0 amide bonds. The lowest BCUT2D eigenvalue weighted by atomic mass is 10.0. The molecule has 0 saturated heterocycles. The maximum Gasteiger partial charge on any atom is 0.454 e. The van der Waals surface area contributed by atoms with Crippen molar-refractivity contribution in [2.24, 2.45) is 0 Å². The smallest absolute Gasteiger partial charge is 0.454 e. The van der Waals surface area contributed by atoms with Crippen molar-refractivity contribution in [3.8, 4) is 5.75 Å². The van der Waals surface area contributed by atoms with Gasteiger partial charge in [0.25, 0.3) is 5.78 Å². The van der Waals surface area contributed by atoms with E-state index >= 15 is 0 Å². The number of benzene rings is 2. The molecule has 0 atom stereocenters. The van der Waals surface area contributed by atoms with Gasteiger partial charge in [0.2, 0.25) is 0 Å². The summed E-state index contributed by atoms with van der Waals surface area (Å²) >= 11 is 0. The Hall–Kier alpha value is -2.76. The van der Waals surface area contributed by atoms with Crippen molar-refractivity contribution >= 4 is 16.7 Å². The highest BCUT2D eigenvalue weighted by atomic mass is 19.4. The van der Waals surface area contributed by atoms with Crippen LogP contribution >= 0.6 is 0 Å². The Morgan fingerprint density at radius 2 is 1.81 bits per heavy atom. The zero-order chi connectivity index (χ0) is 18.7. The van der Waals surface area contributed by atoms with Crippen molar-refractivity contribution in [3.05, 3.63) is 65.9 Å². The molecule has 0 fully saturated rings. The van der Waals surface area contributed by atoms with Crippen molar-refractivity contribution in [1.82, 2.24) is 4.57 Å². The molecule has 26 heavy (non-hydrogen) atoms. The standard InChI is InChI=1S/C20H18F3NO2/c1-2-14-7-6-10-16-17(19(25)20(21,22)23)13-24(18(14)16)11-12-26-15-8-4-3-5-9-15/h3-10,13H,2,11-12H2,1H3. The number of halogens is 3. The van der Waals surface area contributed by atoms with Crippen LogP contribution in [0.4, 0.5) is 13.2 Å². The molecule has 0 bridgehead atoms. The summed E-state index contributed by atoms with van der Waals surface area (Å²) in [6.07, 6.45) is -2.96. The number of para-hydroxylation sites is 2. The van der Waals surface area contributed by atoms with Gasteiger partial charge in [-0.3, -0.25) is 4.79 Å². The van der Waals surface area contributed by atoms with Crippen LogP contribution in [0.15, 0.2) is 54.7 Å². The van der Waals surface area contributed by atoms with Gasteiger partial charge in [-0.05, 0) is 24.1 Å². The van der Waals surface area contributed by atoms with E-state index in [1.807, 2.05) is 43.3 Å². The summed E-state index contributed by atoms with van der Waals surface area (Å²) in [4.78, 5) is 11.8. The van der Waals surface area contributed by atoms with Gasteiger partial charge in [-0.2, -0.15) is 13.2 Å².